The summed E-state index contributed by atoms with van der Waals surface area (Å²) in [6, 6.07) is 14.8. The third kappa shape index (κ3) is 4.44. The second kappa shape index (κ2) is 8.89. The Morgan fingerprint density at radius 1 is 1.16 bits per heavy atom. The van der Waals surface area contributed by atoms with Crippen molar-refractivity contribution in [1.82, 2.24) is 14.1 Å². The molecular formula is C24H21FN4O3. The Hall–Kier alpha value is -4.20. The Morgan fingerprint density at radius 3 is 2.69 bits per heavy atom. The SMILES string of the molecule is COc1ccc(C)cc1-n1cnc(C(=O)Nc2cccn(Cc3ccc(F)cc3)c2=O)c1. The Morgan fingerprint density at radius 2 is 1.94 bits per heavy atom. The summed E-state index contributed by atoms with van der Waals surface area (Å²) in [5.41, 5.74) is 2.46. The summed E-state index contributed by atoms with van der Waals surface area (Å²) in [5, 5.41) is 2.63. The van der Waals surface area contributed by atoms with Gasteiger partial charge in [-0.1, -0.05) is 18.2 Å². The van der Waals surface area contributed by atoms with E-state index in [0.29, 0.717) is 5.75 Å². The monoisotopic (exact) mass is 432 g/mol. The van der Waals surface area contributed by atoms with Crippen molar-refractivity contribution >= 4 is 11.6 Å². The van der Waals surface area contributed by atoms with Gasteiger partial charge in [-0.05, 0) is 54.4 Å². The lowest BCUT2D eigenvalue weighted by Gasteiger charge is -2.10. The number of aromatic nitrogens is 3. The number of carbonyl (C=O) groups excluding carboxylic acids is 1. The van der Waals surface area contributed by atoms with Gasteiger partial charge in [-0.2, -0.15) is 0 Å². The zero-order valence-electron chi connectivity index (χ0n) is 17.6. The van der Waals surface area contributed by atoms with Crippen LogP contribution in [0.25, 0.3) is 5.69 Å². The lowest BCUT2D eigenvalue weighted by Crippen LogP contribution is -2.26. The average molecular weight is 432 g/mol. The standard InChI is InChI=1S/C24H21FN4O3/c1-16-5-10-22(32-2)21(12-16)29-14-20(26-15-29)23(30)27-19-4-3-11-28(24(19)31)13-17-6-8-18(25)9-7-17/h3-12,14-15H,13H2,1-2H3,(H,27,30). The molecule has 2 heterocycles. The van der Waals surface area contributed by atoms with Gasteiger partial charge in [-0.3, -0.25) is 9.59 Å². The number of anilines is 1. The van der Waals surface area contributed by atoms with E-state index in [9.17, 15) is 14.0 Å². The van der Waals surface area contributed by atoms with E-state index < -0.39 is 5.91 Å². The quantitative estimate of drug-likeness (QED) is 0.503. The third-order valence-electron chi connectivity index (χ3n) is 4.96. The highest BCUT2D eigenvalue weighted by Gasteiger charge is 2.15. The highest BCUT2D eigenvalue weighted by molar-refractivity contribution is 6.02. The number of amides is 1. The van der Waals surface area contributed by atoms with Gasteiger partial charge < -0.3 is 19.2 Å². The van der Waals surface area contributed by atoms with Crippen LogP contribution in [0.15, 0.2) is 78.1 Å². The summed E-state index contributed by atoms with van der Waals surface area (Å²) in [6.07, 6.45) is 4.71. The number of methoxy groups -OCH3 is 1. The molecule has 1 N–H and O–H groups in total. The van der Waals surface area contributed by atoms with Gasteiger partial charge in [0, 0.05) is 12.4 Å². The fraction of sp³-hybridized carbons (Fsp3) is 0.125. The molecular weight excluding hydrogens is 411 g/mol. The van der Waals surface area contributed by atoms with Gasteiger partial charge in [0.15, 0.2) is 0 Å². The van der Waals surface area contributed by atoms with Crippen LogP contribution < -0.4 is 15.6 Å². The zero-order chi connectivity index (χ0) is 22.7. The first kappa shape index (κ1) is 21.0. The van der Waals surface area contributed by atoms with Gasteiger partial charge in [-0.25, -0.2) is 9.37 Å². The van der Waals surface area contributed by atoms with E-state index in [1.165, 1.54) is 29.1 Å². The largest absolute Gasteiger partial charge is 0.495 e. The molecule has 0 aliphatic carbocycles. The molecule has 1 amide bonds. The molecule has 2 aromatic carbocycles. The van der Waals surface area contributed by atoms with Gasteiger partial charge in [-0.15, -0.1) is 0 Å². The van der Waals surface area contributed by atoms with E-state index >= 15 is 0 Å². The predicted octanol–water partition coefficient (Wildman–Crippen LogP) is 3.79. The number of halogens is 1. The number of hydrogen-bond acceptors (Lipinski definition) is 4. The summed E-state index contributed by atoms with van der Waals surface area (Å²) in [4.78, 5) is 29.7. The van der Waals surface area contributed by atoms with Gasteiger partial charge in [0.25, 0.3) is 11.5 Å². The number of nitrogens with zero attached hydrogens (tertiary/aromatic N) is 3. The van der Waals surface area contributed by atoms with Crippen LogP contribution >= 0.6 is 0 Å². The lowest BCUT2D eigenvalue weighted by atomic mass is 10.2. The molecule has 7 nitrogen and oxygen atoms in total. The maximum Gasteiger partial charge on any atom is 0.276 e. The first-order chi connectivity index (χ1) is 15.4. The smallest absolute Gasteiger partial charge is 0.276 e. The summed E-state index contributed by atoms with van der Waals surface area (Å²) in [7, 11) is 1.57. The first-order valence-electron chi connectivity index (χ1n) is 9.89. The van der Waals surface area contributed by atoms with Crippen molar-refractivity contribution in [3.8, 4) is 11.4 Å². The number of nitrogens with one attached hydrogen (secondary N) is 1. The number of imidazole rings is 1. The van der Waals surface area contributed by atoms with Crippen LogP contribution in [0.4, 0.5) is 10.1 Å². The maximum absolute atomic E-state index is 13.1. The average Bonchev–Trinajstić information content (AvgIpc) is 3.28. The van der Waals surface area contributed by atoms with E-state index in [-0.39, 0.29) is 29.3 Å². The highest BCUT2D eigenvalue weighted by Crippen LogP contribution is 2.24. The maximum atomic E-state index is 13.1. The molecule has 2 aromatic heterocycles. The number of pyridine rings is 1. The minimum absolute atomic E-state index is 0.127. The number of aryl methyl sites for hydroxylation is 1. The molecule has 0 atom stereocenters. The summed E-state index contributed by atoms with van der Waals surface area (Å²) in [5.74, 6) is -0.205. The summed E-state index contributed by atoms with van der Waals surface area (Å²) >= 11 is 0. The summed E-state index contributed by atoms with van der Waals surface area (Å²) < 4.78 is 21.6. The van der Waals surface area contributed by atoms with Crippen LogP contribution in [0.1, 0.15) is 21.6 Å². The van der Waals surface area contributed by atoms with Gasteiger partial charge in [0.05, 0.1) is 19.3 Å². The van der Waals surface area contributed by atoms with E-state index in [1.807, 2.05) is 25.1 Å². The molecule has 0 saturated carbocycles. The number of carbonyl (C=O) groups is 1. The molecule has 4 rings (SSSR count). The Kier molecular flexibility index (Phi) is 5.85. The number of hydrogen-bond donors (Lipinski definition) is 1. The van der Waals surface area contributed by atoms with Crippen molar-refractivity contribution in [2.24, 2.45) is 0 Å². The van der Waals surface area contributed by atoms with Crippen molar-refractivity contribution in [2.45, 2.75) is 13.5 Å². The molecule has 0 aliphatic rings. The van der Waals surface area contributed by atoms with E-state index in [0.717, 1.165) is 16.8 Å². The fourth-order valence-electron chi connectivity index (χ4n) is 3.30. The normalized spacial score (nSPS) is 10.7. The Bertz CT molecular complexity index is 1330. The van der Waals surface area contributed by atoms with Crippen LogP contribution in [-0.4, -0.2) is 27.1 Å². The molecule has 0 spiro atoms. The van der Waals surface area contributed by atoms with Gasteiger partial charge >= 0.3 is 0 Å². The summed E-state index contributed by atoms with van der Waals surface area (Å²) in [6.45, 7) is 2.21. The minimum atomic E-state index is -0.507. The van der Waals surface area contributed by atoms with Crippen molar-refractivity contribution < 1.29 is 13.9 Å². The molecule has 8 heteroatoms. The van der Waals surface area contributed by atoms with Crippen LogP contribution in [0.5, 0.6) is 5.75 Å². The molecule has 0 bridgehead atoms. The molecule has 0 radical (unpaired) electrons. The molecule has 0 aliphatic heterocycles. The minimum Gasteiger partial charge on any atom is -0.495 e. The van der Waals surface area contributed by atoms with E-state index in [2.05, 4.69) is 10.3 Å². The lowest BCUT2D eigenvalue weighted by molar-refractivity contribution is 0.102. The zero-order valence-corrected chi connectivity index (χ0v) is 17.6. The molecule has 32 heavy (non-hydrogen) atoms. The molecule has 0 saturated heterocycles. The fourth-order valence-corrected chi connectivity index (χ4v) is 3.30. The van der Waals surface area contributed by atoms with Crippen LogP contribution in [0.2, 0.25) is 0 Å². The van der Waals surface area contributed by atoms with Crippen molar-refractivity contribution in [3.05, 3.63) is 106 Å². The number of benzene rings is 2. The highest BCUT2D eigenvalue weighted by atomic mass is 19.1. The molecule has 162 valence electrons. The van der Waals surface area contributed by atoms with Crippen molar-refractivity contribution in [1.29, 1.82) is 0 Å². The molecule has 4 aromatic rings. The van der Waals surface area contributed by atoms with Crippen molar-refractivity contribution in [2.75, 3.05) is 12.4 Å². The second-order valence-corrected chi connectivity index (χ2v) is 7.28. The van der Waals surface area contributed by atoms with Crippen LogP contribution in [-0.2, 0) is 6.54 Å². The van der Waals surface area contributed by atoms with Gasteiger partial charge in [0.1, 0.15) is 29.3 Å². The number of ether oxygens (including phenoxy) is 1. The Balaban J connectivity index is 1.55. The Labute approximate surface area is 183 Å². The van der Waals surface area contributed by atoms with Gasteiger partial charge in [0.2, 0.25) is 0 Å². The van der Waals surface area contributed by atoms with Crippen molar-refractivity contribution in [3.63, 3.8) is 0 Å². The van der Waals surface area contributed by atoms with Crippen LogP contribution in [0.3, 0.4) is 0 Å². The number of rotatable bonds is 6. The van der Waals surface area contributed by atoms with E-state index in [4.69, 9.17) is 4.74 Å². The predicted molar refractivity (Wildman–Crippen MR) is 119 cm³/mol. The first-order valence-corrected chi connectivity index (χ1v) is 9.89. The second-order valence-electron chi connectivity index (χ2n) is 7.28. The molecule has 0 unspecified atom stereocenters. The third-order valence-corrected chi connectivity index (χ3v) is 4.96. The topological polar surface area (TPSA) is 78.2 Å². The molecule has 0 fully saturated rings. The van der Waals surface area contributed by atoms with E-state index in [1.54, 1.807) is 42.3 Å². The van der Waals surface area contributed by atoms with Crippen LogP contribution in [0, 0.1) is 12.7 Å².